The lowest BCUT2D eigenvalue weighted by Crippen LogP contribution is -2.49. The number of aromatic nitrogens is 3. The first-order valence-electron chi connectivity index (χ1n) is 11.0. The van der Waals surface area contributed by atoms with E-state index in [1.54, 1.807) is 54.3 Å². The number of amides is 2. The highest BCUT2D eigenvalue weighted by Crippen LogP contribution is 2.28. The van der Waals surface area contributed by atoms with Crippen molar-refractivity contribution in [2.75, 3.05) is 31.1 Å². The fraction of sp³-hybridized carbons (Fsp3) is 0.545. The molecule has 1 saturated heterocycles. The molecule has 35 heavy (non-hydrogen) atoms. The summed E-state index contributed by atoms with van der Waals surface area (Å²) in [6.45, 7) is 8.90. The predicted molar refractivity (Wildman–Crippen MR) is 123 cm³/mol. The number of alkyl carbamates (subject to hydrolysis) is 1. The molecule has 0 spiro atoms. The van der Waals surface area contributed by atoms with Gasteiger partial charge in [-0.2, -0.15) is 13.2 Å². The van der Waals surface area contributed by atoms with E-state index < -0.39 is 23.4 Å². The molecule has 9 nitrogen and oxygen atoms in total. The summed E-state index contributed by atoms with van der Waals surface area (Å²) in [5.41, 5.74) is -1.12. The van der Waals surface area contributed by atoms with E-state index in [4.69, 9.17) is 16.3 Å². The number of halogens is 4. The predicted octanol–water partition coefficient (Wildman–Crippen LogP) is 3.83. The van der Waals surface area contributed by atoms with Crippen molar-refractivity contribution in [3.05, 3.63) is 40.9 Å². The van der Waals surface area contributed by atoms with E-state index in [0.29, 0.717) is 43.4 Å². The van der Waals surface area contributed by atoms with Crippen molar-refractivity contribution < 1.29 is 27.5 Å². The van der Waals surface area contributed by atoms with Gasteiger partial charge in [-0.3, -0.25) is 4.79 Å². The molecule has 0 saturated carbocycles. The normalized spacial score (nSPS) is 15.7. The van der Waals surface area contributed by atoms with E-state index in [1.165, 1.54) is 0 Å². The first-order valence-corrected chi connectivity index (χ1v) is 11.4. The van der Waals surface area contributed by atoms with Gasteiger partial charge >= 0.3 is 12.3 Å². The molecule has 1 aliphatic rings. The van der Waals surface area contributed by atoms with Gasteiger partial charge in [0, 0.05) is 57.4 Å². The van der Waals surface area contributed by atoms with Crippen LogP contribution in [0.5, 0.6) is 0 Å². The van der Waals surface area contributed by atoms with E-state index in [9.17, 15) is 22.8 Å². The second-order valence-corrected chi connectivity index (χ2v) is 9.69. The summed E-state index contributed by atoms with van der Waals surface area (Å²) in [6, 6.07) is 1.26. The highest BCUT2D eigenvalue weighted by Gasteiger charge is 2.32. The number of ether oxygens (including phenoxy) is 1. The van der Waals surface area contributed by atoms with Gasteiger partial charge in [0.05, 0.1) is 11.1 Å². The molecule has 0 bridgehead atoms. The fourth-order valence-corrected chi connectivity index (χ4v) is 3.74. The minimum atomic E-state index is -4.50. The van der Waals surface area contributed by atoms with E-state index >= 15 is 0 Å². The molecule has 1 aliphatic heterocycles. The van der Waals surface area contributed by atoms with Gasteiger partial charge in [0.1, 0.15) is 10.8 Å². The Morgan fingerprint density at radius 2 is 1.74 bits per heavy atom. The van der Waals surface area contributed by atoms with Gasteiger partial charge in [-0.25, -0.2) is 14.8 Å². The molecule has 3 heterocycles. The van der Waals surface area contributed by atoms with Crippen molar-refractivity contribution in [1.29, 1.82) is 0 Å². The van der Waals surface area contributed by atoms with E-state index in [-0.39, 0.29) is 17.9 Å². The lowest BCUT2D eigenvalue weighted by Gasteiger charge is -2.34. The van der Waals surface area contributed by atoms with Gasteiger partial charge in [-0.1, -0.05) is 11.6 Å². The zero-order valence-corrected chi connectivity index (χ0v) is 20.7. The topological polar surface area (TPSA) is 92.6 Å². The van der Waals surface area contributed by atoms with Gasteiger partial charge in [0.2, 0.25) is 5.95 Å². The van der Waals surface area contributed by atoms with Crippen molar-refractivity contribution in [3.63, 3.8) is 0 Å². The van der Waals surface area contributed by atoms with Crippen LogP contribution in [0.15, 0.2) is 24.7 Å². The summed E-state index contributed by atoms with van der Waals surface area (Å²) in [5.74, 6) is -0.0304. The van der Waals surface area contributed by atoms with Crippen LogP contribution >= 0.6 is 11.6 Å². The zero-order valence-electron chi connectivity index (χ0n) is 19.9. The Balaban J connectivity index is 1.55. The Hall–Kier alpha value is -3.02. The molecule has 1 atom stereocenters. The summed E-state index contributed by atoms with van der Waals surface area (Å²) in [6.07, 6.45) is -1.90. The van der Waals surface area contributed by atoms with Crippen LogP contribution in [0.1, 0.15) is 43.6 Å². The number of nitrogens with zero attached hydrogens (tertiary/aromatic N) is 5. The van der Waals surface area contributed by atoms with Gasteiger partial charge < -0.3 is 24.4 Å². The third-order valence-corrected chi connectivity index (χ3v) is 5.47. The molecule has 1 fully saturated rings. The van der Waals surface area contributed by atoms with Crippen molar-refractivity contribution in [3.8, 4) is 0 Å². The maximum absolute atomic E-state index is 13.0. The molecule has 13 heteroatoms. The molecular weight excluding hydrogens is 489 g/mol. The Bertz CT molecular complexity index is 1040. The minimum absolute atomic E-state index is 0.186. The van der Waals surface area contributed by atoms with E-state index in [1.807, 2.05) is 0 Å². The summed E-state index contributed by atoms with van der Waals surface area (Å²) in [4.78, 5) is 35.9. The van der Waals surface area contributed by atoms with Crippen molar-refractivity contribution in [2.24, 2.45) is 0 Å². The maximum atomic E-state index is 13.0. The first kappa shape index (κ1) is 26.6. The Kier molecular flexibility index (Phi) is 7.83. The quantitative estimate of drug-likeness (QED) is 0.649. The van der Waals surface area contributed by atoms with Crippen LogP contribution in [-0.2, 0) is 17.5 Å². The van der Waals surface area contributed by atoms with Crippen LogP contribution in [0.4, 0.5) is 23.9 Å². The second-order valence-electron chi connectivity index (χ2n) is 9.30. The van der Waals surface area contributed by atoms with Crippen LogP contribution in [-0.4, -0.2) is 69.3 Å². The second kappa shape index (κ2) is 10.3. The van der Waals surface area contributed by atoms with Crippen molar-refractivity contribution in [1.82, 2.24) is 24.8 Å². The number of rotatable bonds is 5. The summed E-state index contributed by atoms with van der Waals surface area (Å²) in [7, 11) is 0. The van der Waals surface area contributed by atoms with E-state index in [0.717, 1.165) is 12.4 Å². The number of hydrogen-bond donors (Lipinski definition) is 1. The van der Waals surface area contributed by atoms with Crippen LogP contribution in [0.2, 0.25) is 5.15 Å². The molecule has 0 aliphatic carbocycles. The van der Waals surface area contributed by atoms with Crippen LogP contribution in [0.3, 0.4) is 0 Å². The summed E-state index contributed by atoms with van der Waals surface area (Å²) in [5, 5.41) is 3.08. The Morgan fingerprint density at radius 1 is 1.14 bits per heavy atom. The smallest absolute Gasteiger partial charge is 0.419 e. The average molecular weight is 517 g/mol. The Morgan fingerprint density at radius 3 is 2.29 bits per heavy atom. The molecule has 1 unspecified atom stereocenters. The third kappa shape index (κ3) is 7.23. The highest BCUT2D eigenvalue weighted by molar-refractivity contribution is 6.30. The largest absolute Gasteiger partial charge is 0.444 e. The standard InChI is InChI=1S/C22H28ClF3N6O3/c1-14(29-20(34)35-21(2,3)4)12-32-13-15(9-17(32)23)18(33)30-5-7-31(8-6-30)19-27-10-16(11-28-19)22(24,25)26/h9-11,13-14H,5-8,12H2,1-4H3,(H,29,34). The number of anilines is 1. The molecule has 0 radical (unpaired) electrons. The van der Waals surface area contributed by atoms with Crippen LogP contribution < -0.4 is 10.2 Å². The number of alkyl halides is 3. The number of nitrogens with one attached hydrogen (secondary N) is 1. The molecular formula is C22H28ClF3N6O3. The van der Waals surface area contributed by atoms with Crippen molar-refractivity contribution >= 4 is 29.5 Å². The zero-order chi connectivity index (χ0) is 26.0. The number of carbonyl (C=O) groups is 2. The average Bonchev–Trinajstić information content (AvgIpc) is 3.11. The van der Waals surface area contributed by atoms with Gasteiger partial charge in [-0.05, 0) is 33.8 Å². The first-order chi connectivity index (χ1) is 16.2. The summed E-state index contributed by atoms with van der Waals surface area (Å²) < 4.78 is 45.0. The molecule has 3 rings (SSSR count). The van der Waals surface area contributed by atoms with Gasteiger partial charge in [0.25, 0.3) is 5.91 Å². The molecule has 2 aromatic rings. The molecule has 192 valence electrons. The number of hydrogen-bond acceptors (Lipinski definition) is 6. The highest BCUT2D eigenvalue weighted by atomic mass is 35.5. The van der Waals surface area contributed by atoms with Gasteiger partial charge in [0.15, 0.2) is 0 Å². The molecule has 1 N–H and O–H groups in total. The Labute approximate surface area is 206 Å². The monoisotopic (exact) mass is 516 g/mol. The minimum Gasteiger partial charge on any atom is -0.444 e. The third-order valence-electron chi connectivity index (χ3n) is 5.14. The lowest BCUT2D eigenvalue weighted by atomic mass is 10.2. The molecule has 0 aromatic carbocycles. The fourth-order valence-electron chi connectivity index (χ4n) is 3.51. The van der Waals surface area contributed by atoms with Gasteiger partial charge in [-0.15, -0.1) is 0 Å². The number of carbonyl (C=O) groups excluding carboxylic acids is 2. The molecule has 2 aromatic heterocycles. The maximum Gasteiger partial charge on any atom is 0.419 e. The van der Waals surface area contributed by atoms with Crippen LogP contribution in [0.25, 0.3) is 0 Å². The summed E-state index contributed by atoms with van der Waals surface area (Å²) >= 11 is 6.31. The SMILES string of the molecule is CC(Cn1cc(C(=O)N2CCN(c3ncc(C(F)(F)F)cn3)CC2)cc1Cl)NC(=O)OC(C)(C)C. The van der Waals surface area contributed by atoms with E-state index in [2.05, 4.69) is 15.3 Å². The molecule has 2 amide bonds. The number of piperazine rings is 1. The lowest BCUT2D eigenvalue weighted by molar-refractivity contribution is -0.138. The van der Waals surface area contributed by atoms with Crippen LogP contribution in [0, 0.1) is 0 Å². The van der Waals surface area contributed by atoms with Crippen molar-refractivity contribution in [2.45, 2.75) is 52.1 Å².